The molecule has 0 bridgehead atoms. The average Bonchev–Trinajstić information content (AvgIpc) is 3.30. The van der Waals surface area contributed by atoms with Crippen molar-refractivity contribution in [2.75, 3.05) is 29.9 Å². The Hall–Kier alpha value is -3.19. The molecule has 3 aromatic rings. The zero-order valence-corrected chi connectivity index (χ0v) is 17.4. The van der Waals surface area contributed by atoms with Crippen LogP contribution in [0.15, 0.2) is 60.0 Å². The van der Waals surface area contributed by atoms with Gasteiger partial charge in [-0.3, -0.25) is 4.79 Å². The zero-order valence-electron chi connectivity index (χ0n) is 16.5. The zero-order chi connectivity index (χ0) is 20.8. The van der Waals surface area contributed by atoms with Crippen LogP contribution in [0.3, 0.4) is 0 Å². The van der Waals surface area contributed by atoms with Crippen molar-refractivity contribution in [1.82, 2.24) is 4.98 Å². The largest absolute Gasteiger partial charge is 0.451 e. The summed E-state index contributed by atoms with van der Waals surface area (Å²) in [6.45, 7) is 1.79. The third kappa shape index (κ3) is 5.04. The van der Waals surface area contributed by atoms with Crippen molar-refractivity contribution in [3.63, 3.8) is 0 Å². The highest BCUT2D eigenvalue weighted by atomic mass is 32.1. The van der Waals surface area contributed by atoms with Crippen LogP contribution in [0.25, 0.3) is 10.6 Å². The molecule has 6 nitrogen and oxygen atoms in total. The predicted octanol–water partition coefficient (Wildman–Crippen LogP) is 4.60. The summed E-state index contributed by atoms with van der Waals surface area (Å²) in [5.41, 5.74) is 2.98. The number of rotatable bonds is 6. The van der Waals surface area contributed by atoms with Crippen LogP contribution in [-0.2, 0) is 9.53 Å². The minimum atomic E-state index is -0.607. The number of hydrogen-bond donors (Lipinski definition) is 1. The minimum absolute atomic E-state index is 0.206. The third-order valence-corrected chi connectivity index (χ3v) is 5.83. The van der Waals surface area contributed by atoms with E-state index in [9.17, 15) is 9.59 Å². The lowest BCUT2D eigenvalue weighted by molar-refractivity contribution is -0.119. The molecule has 1 aliphatic rings. The molecule has 1 amide bonds. The van der Waals surface area contributed by atoms with E-state index >= 15 is 0 Å². The van der Waals surface area contributed by atoms with Gasteiger partial charge in [0.15, 0.2) is 12.3 Å². The molecule has 2 aromatic carbocycles. The van der Waals surface area contributed by atoms with E-state index < -0.39 is 5.97 Å². The Bertz CT molecular complexity index is 996. The van der Waals surface area contributed by atoms with Crippen molar-refractivity contribution in [1.29, 1.82) is 0 Å². The molecule has 154 valence electrons. The second-order valence-corrected chi connectivity index (χ2v) is 7.98. The first-order chi connectivity index (χ1) is 14.7. The van der Waals surface area contributed by atoms with Gasteiger partial charge in [0.1, 0.15) is 5.01 Å². The highest BCUT2D eigenvalue weighted by Gasteiger charge is 2.15. The van der Waals surface area contributed by atoms with Gasteiger partial charge in [-0.2, -0.15) is 0 Å². The van der Waals surface area contributed by atoms with Crippen molar-refractivity contribution < 1.29 is 14.3 Å². The van der Waals surface area contributed by atoms with E-state index in [4.69, 9.17) is 4.74 Å². The molecule has 1 fully saturated rings. The lowest BCUT2D eigenvalue weighted by Crippen LogP contribution is -2.29. The molecule has 0 unspecified atom stereocenters. The van der Waals surface area contributed by atoms with Gasteiger partial charge in [0.25, 0.3) is 5.91 Å². The number of carbonyl (C=O) groups excluding carboxylic acids is 2. The number of nitrogens with zero attached hydrogens (tertiary/aromatic N) is 2. The van der Waals surface area contributed by atoms with Gasteiger partial charge < -0.3 is 15.0 Å². The van der Waals surface area contributed by atoms with Crippen molar-refractivity contribution in [2.45, 2.75) is 19.3 Å². The summed E-state index contributed by atoms with van der Waals surface area (Å²) in [5, 5.41) is 5.14. The summed E-state index contributed by atoms with van der Waals surface area (Å²) in [7, 11) is 0. The van der Waals surface area contributed by atoms with Gasteiger partial charge in [-0.05, 0) is 43.5 Å². The monoisotopic (exact) mass is 421 g/mol. The molecule has 1 N–H and O–H groups in total. The molecular weight excluding hydrogens is 398 g/mol. The van der Waals surface area contributed by atoms with Crippen LogP contribution in [0, 0.1) is 0 Å². The van der Waals surface area contributed by atoms with Crippen LogP contribution in [0.1, 0.15) is 29.8 Å². The Morgan fingerprint density at radius 1 is 1.00 bits per heavy atom. The van der Waals surface area contributed by atoms with E-state index in [-0.39, 0.29) is 18.2 Å². The van der Waals surface area contributed by atoms with Gasteiger partial charge in [-0.15, -0.1) is 11.3 Å². The predicted molar refractivity (Wildman–Crippen MR) is 119 cm³/mol. The minimum Gasteiger partial charge on any atom is -0.451 e. The van der Waals surface area contributed by atoms with E-state index in [0.717, 1.165) is 29.3 Å². The fraction of sp³-hybridized carbons (Fsp3) is 0.261. The van der Waals surface area contributed by atoms with E-state index in [2.05, 4.69) is 15.2 Å². The number of piperidine rings is 1. The summed E-state index contributed by atoms with van der Waals surface area (Å²) in [6.07, 6.45) is 3.73. The van der Waals surface area contributed by atoms with Crippen LogP contribution in [0.5, 0.6) is 0 Å². The van der Waals surface area contributed by atoms with Crippen LogP contribution < -0.4 is 10.2 Å². The van der Waals surface area contributed by atoms with Gasteiger partial charge in [-0.25, -0.2) is 9.78 Å². The van der Waals surface area contributed by atoms with Crippen molar-refractivity contribution in [3.05, 3.63) is 65.7 Å². The molecule has 30 heavy (non-hydrogen) atoms. The molecule has 1 aromatic heterocycles. The molecule has 2 heterocycles. The van der Waals surface area contributed by atoms with Crippen LogP contribution in [0.4, 0.5) is 11.4 Å². The summed E-state index contributed by atoms with van der Waals surface area (Å²) in [5.74, 6) is -0.989. The van der Waals surface area contributed by atoms with Crippen LogP contribution in [0.2, 0.25) is 0 Å². The SMILES string of the molecule is O=C(COC(=O)c1csc(-c2ccccc2)n1)Nc1ccc(N2CCCCC2)cc1. The molecule has 1 saturated heterocycles. The normalized spacial score (nSPS) is 13.7. The van der Waals surface area contributed by atoms with Crippen molar-refractivity contribution in [2.24, 2.45) is 0 Å². The van der Waals surface area contributed by atoms with E-state index in [1.54, 1.807) is 5.38 Å². The number of aromatic nitrogens is 1. The second-order valence-electron chi connectivity index (χ2n) is 7.12. The molecular formula is C23H23N3O3S. The van der Waals surface area contributed by atoms with E-state index in [1.807, 2.05) is 54.6 Å². The number of esters is 1. The Morgan fingerprint density at radius 2 is 1.73 bits per heavy atom. The summed E-state index contributed by atoms with van der Waals surface area (Å²) < 4.78 is 5.12. The second kappa shape index (κ2) is 9.54. The maximum absolute atomic E-state index is 12.2. The maximum atomic E-state index is 12.2. The third-order valence-electron chi connectivity index (χ3n) is 4.94. The lowest BCUT2D eigenvalue weighted by Gasteiger charge is -2.28. The van der Waals surface area contributed by atoms with Gasteiger partial charge in [0.2, 0.25) is 0 Å². The molecule has 7 heteroatoms. The number of hydrogen-bond acceptors (Lipinski definition) is 6. The number of anilines is 2. The summed E-state index contributed by atoms with van der Waals surface area (Å²) in [6, 6.07) is 17.4. The first-order valence-corrected chi connectivity index (χ1v) is 10.9. The van der Waals surface area contributed by atoms with Crippen LogP contribution >= 0.6 is 11.3 Å². The highest BCUT2D eigenvalue weighted by molar-refractivity contribution is 7.13. The fourth-order valence-corrected chi connectivity index (χ4v) is 4.19. The quantitative estimate of drug-likeness (QED) is 0.589. The van der Waals surface area contributed by atoms with Gasteiger partial charge >= 0.3 is 5.97 Å². The Labute approximate surface area is 179 Å². The molecule has 0 radical (unpaired) electrons. The van der Waals surface area contributed by atoms with Crippen LogP contribution in [-0.4, -0.2) is 36.6 Å². The van der Waals surface area contributed by atoms with Crippen molar-refractivity contribution in [3.8, 4) is 10.6 Å². The van der Waals surface area contributed by atoms with E-state index in [1.165, 1.54) is 30.6 Å². The first-order valence-electron chi connectivity index (χ1n) is 10.0. The number of thiazole rings is 1. The molecule has 0 atom stereocenters. The Morgan fingerprint density at radius 3 is 2.47 bits per heavy atom. The number of amides is 1. The molecule has 0 aliphatic carbocycles. The van der Waals surface area contributed by atoms with Crippen molar-refractivity contribution >= 4 is 34.6 Å². The lowest BCUT2D eigenvalue weighted by atomic mass is 10.1. The fourth-order valence-electron chi connectivity index (χ4n) is 3.39. The molecule has 1 aliphatic heterocycles. The number of nitrogens with one attached hydrogen (secondary N) is 1. The highest BCUT2D eigenvalue weighted by Crippen LogP contribution is 2.24. The molecule has 0 saturated carbocycles. The van der Waals surface area contributed by atoms with Gasteiger partial charge in [0, 0.05) is 35.4 Å². The molecule has 0 spiro atoms. The summed E-state index contributed by atoms with van der Waals surface area (Å²) >= 11 is 1.36. The standard InChI is InChI=1S/C23H23N3O3S/c27-21(24-18-9-11-19(12-10-18)26-13-5-2-6-14-26)15-29-23(28)20-16-30-22(25-20)17-7-3-1-4-8-17/h1,3-4,7-12,16H,2,5-6,13-15H2,(H,24,27). The number of benzene rings is 2. The number of carbonyl (C=O) groups is 2. The Balaban J connectivity index is 1.27. The smallest absolute Gasteiger partial charge is 0.358 e. The van der Waals surface area contributed by atoms with Gasteiger partial charge in [0.05, 0.1) is 0 Å². The Kier molecular flexibility index (Phi) is 6.39. The molecule has 4 rings (SSSR count). The summed E-state index contributed by atoms with van der Waals surface area (Å²) in [4.78, 5) is 31.0. The average molecular weight is 422 g/mol. The van der Waals surface area contributed by atoms with Gasteiger partial charge in [-0.1, -0.05) is 30.3 Å². The van der Waals surface area contributed by atoms with E-state index in [0.29, 0.717) is 5.69 Å². The maximum Gasteiger partial charge on any atom is 0.358 e. The number of ether oxygens (including phenoxy) is 1. The first kappa shape index (κ1) is 20.1. The topological polar surface area (TPSA) is 71.5 Å².